The molecule has 1 aromatic rings. The molecule has 2 fully saturated rings. The summed E-state index contributed by atoms with van der Waals surface area (Å²) in [7, 11) is 0. The van der Waals surface area contributed by atoms with E-state index in [4.69, 9.17) is 4.74 Å². The van der Waals surface area contributed by atoms with Crippen molar-refractivity contribution in [2.24, 2.45) is 23.7 Å². The van der Waals surface area contributed by atoms with Gasteiger partial charge < -0.3 is 20.3 Å². The van der Waals surface area contributed by atoms with Crippen molar-refractivity contribution < 1.29 is 29.3 Å². The van der Waals surface area contributed by atoms with Crippen molar-refractivity contribution >= 4 is 17.7 Å². The monoisotopic (exact) mass is 507 g/mol. The predicted octanol–water partition coefficient (Wildman–Crippen LogP) is 3.80. The van der Waals surface area contributed by atoms with Crippen LogP contribution in [0.3, 0.4) is 0 Å². The number of aliphatic hydroxyl groups excluding tert-OH is 1. The molecule has 0 aromatic heterocycles. The molecule has 2 aliphatic heterocycles. The van der Waals surface area contributed by atoms with Gasteiger partial charge in [-0.1, -0.05) is 49.8 Å². The van der Waals surface area contributed by atoms with Gasteiger partial charge in [-0.15, -0.1) is 0 Å². The summed E-state index contributed by atoms with van der Waals surface area (Å²) in [4.78, 5) is 39.7. The number of allylic oxidation sites excluding steroid dienone is 3. The van der Waals surface area contributed by atoms with Gasteiger partial charge in [0.25, 0.3) is 5.91 Å². The van der Waals surface area contributed by atoms with Crippen molar-refractivity contribution in [2.75, 3.05) is 0 Å². The Morgan fingerprint density at radius 1 is 1.14 bits per heavy atom. The lowest BCUT2D eigenvalue weighted by atomic mass is 9.58. The number of hydrogen-bond donors (Lipinski definition) is 3. The second kappa shape index (κ2) is 10.3. The molecule has 1 aliphatic carbocycles. The second-order valence-electron chi connectivity index (χ2n) is 11.0. The highest BCUT2D eigenvalue weighted by molar-refractivity contribution is 5.97. The third kappa shape index (κ3) is 4.77. The molecule has 3 N–H and O–H groups in total. The summed E-state index contributed by atoms with van der Waals surface area (Å²) in [5.41, 5.74) is 1.62. The van der Waals surface area contributed by atoms with E-state index in [2.05, 4.69) is 5.32 Å². The third-order valence-electron chi connectivity index (χ3n) is 8.28. The van der Waals surface area contributed by atoms with Gasteiger partial charge in [0.15, 0.2) is 5.78 Å². The first-order chi connectivity index (χ1) is 17.5. The van der Waals surface area contributed by atoms with Gasteiger partial charge in [-0.2, -0.15) is 0 Å². The molecule has 0 bridgehead atoms. The van der Waals surface area contributed by atoms with Gasteiger partial charge in [0, 0.05) is 17.9 Å². The van der Waals surface area contributed by atoms with E-state index in [0.717, 1.165) is 16.7 Å². The number of amides is 1. The number of ketones is 1. The van der Waals surface area contributed by atoms with Crippen LogP contribution in [0.5, 0.6) is 5.75 Å². The van der Waals surface area contributed by atoms with Crippen molar-refractivity contribution in [1.82, 2.24) is 5.32 Å². The Labute approximate surface area is 218 Å². The number of phenolic OH excluding ortho intramolecular Hbond substituents is 1. The number of phenols is 1. The molecule has 4 rings (SSSR count). The number of carbonyl (C=O) groups is 3. The van der Waals surface area contributed by atoms with Crippen LogP contribution < -0.4 is 5.32 Å². The molecule has 3 aliphatic rings. The fourth-order valence-corrected chi connectivity index (χ4v) is 6.54. The topological polar surface area (TPSA) is 113 Å². The summed E-state index contributed by atoms with van der Waals surface area (Å²) in [5, 5.41) is 24.4. The molecular weight excluding hydrogens is 470 g/mol. The van der Waals surface area contributed by atoms with Crippen LogP contribution in [-0.4, -0.2) is 45.6 Å². The molecule has 7 nitrogen and oxygen atoms in total. The minimum atomic E-state index is -1.60. The smallest absolute Gasteiger partial charge is 0.310 e. The summed E-state index contributed by atoms with van der Waals surface area (Å²) in [6.45, 7) is 9.40. The van der Waals surface area contributed by atoms with Crippen LogP contribution >= 0.6 is 0 Å². The van der Waals surface area contributed by atoms with Crippen molar-refractivity contribution in [3.8, 4) is 5.75 Å². The lowest BCUT2D eigenvalue weighted by Gasteiger charge is -2.49. The maximum absolute atomic E-state index is 13.9. The molecule has 0 unspecified atom stereocenters. The number of benzene rings is 1. The van der Waals surface area contributed by atoms with Crippen LogP contribution in [0.1, 0.15) is 53.0 Å². The quantitative estimate of drug-likeness (QED) is 0.415. The van der Waals surface area contributed by atoms with E-state index < -0.39 is 35.4 Å². The first-order valence-electron chi connectivity index (χ1n) is 13.0. The van der Waals surface area contributed by atoms with Crippen molar-refractivity contribution in [3.05, 3.63) is 64.8 Å². The van der Waals surface area contributed by atoms with E-state index in [-0.39, 0.29) is 35.8 Å². The summed E-state index contributed by atoms with van der Waals surface area (Å²) in [6, 6.07) is 6.48. The Hall–Kier alpha value is -3.19. The first kappa shape index (κ1) is 26.9. The maximum Gasteiger partial charge on any atom is 0.310 e. The number of aliphatic hydroxyl groups is 1. The zero-order valence-corrected chi connectivity index (χ0v) is 22.2. The average molecular weight is 508 g/mol. The highest BCUT2D eigenvalue weighted by Gasteiger charge is 2.68. The van der Waals surface area contributed by atoms with Gasteiger partial charge in [-0.3, -0.25) is 14.4 Å². The Bertz CT molecular complexity index is 1170. The zero-order valence-electron chi connectivity index (χ0n) is 22.2. The van der Waals surface area contributed by atoms with E-state index >= 15 is 0 Å². The van der Waals surface area contributed by atoms with Gasteiger partial charge >= 0.3 is 5.97 Å². The van der Waals surface area contributed by atoms with Crippen LogP contribution in [0, 0.1) is 23.7 Å². The van der Waals surface area contributed by atoms with Crippen LogP contribution in [0.25, 0.3) is 0 Å². The molecule has 37 heavy (non-hydrogen) atoms. The Kier molecular flexibility index (Phi) is 7.47. The lowest BCUT2D eigenvalue weighted by molar-refractivity contribution is -0.186. The normalized spacial score (nSPS) is 36.6. The van der Waals surface area contributed by atoms with Crippen molar-refractivity contribution in [1.29, 1.82) is 0 Å². The minimum absolute atomic E-state index is 0.0408. The Balaban J connectivity index is 1.85. The Morgan fingerprint density at radius 2 is 1.81 bits per heavy atom. The van der Waals surface area contributed by atoms with E-state index in [9.17, 15) is 24.6 Å². The summed E-state index contributed by atoms with van der Waals surface area (Å²) >= 11 is 0. The van der Waals surface area contributed by atoms with E-state index in [1.54, 1.807) is 31.2 Å². The standard InChI is InChI=1S/C30H37NO6/c1-16(2)25-19(5)26-23(15-20-10-12-21(32)13-11-20)31-29(36)30(26)22(28(25)35)8-6-7-17(3)27(34)18(4)9-14-24(33)37-30/h6,8-13,17,19,22-23,26,28,32,35H,7,14-15H2,1-5H3,(H,31,36)/b8-6-,18-9-/t17-,19+,22-,23-,26-,28-,30+/m0/s1. The van der Waals surface area contributed by atoms with E-state index in [0.29, 0.717) is 18.4 Å². The van der Waals surface area contributed by atoms with Gasteiger partial charge in [0.1, 0.15) is 5.75 Å². The molecule has 1 saturated heterocycles. The van der Waals surface area contributed by atoms with E-state index in [1.165, 1.54) is 0 Å². The first-order valence-corrected chi connectivity index (χ1v) is 13.0. The molecule has 1 saturated carbocycles. The number of nitrogens with one attached hydrogen (secondary N) is 1. The van der Waals surface area contributed by atoms with Crippen LogP contribution in [0.15, 0.2) is 59.2 Å². The number of esters is 1. The fraction of sp³-hybridized carbons (Fsp3) is 0.500. The molecule has 1 aromatic carbocycles. The molecule has 198 valence electrons. The number of Topliss-reactive ketones (excluding diaryl/α,β-unsaturated/α-hetero) is 1. The number of hydrogen-bond acceptors (Lipinski definition) is 6. The van der Waals surface area contributed by atoms with Crippen LogP contribution in [0.4, 0.5) is 0 Å². The van der Waals surface area contributed by atoms with Crippen LogP contribution in [0.2, 0.25) is 0 Å². The van der Waals surface area contributed by atoms with Crippen molar-refractivity contribution in [3.63, 3.8) is 0 Å². The van der Waals surface area contributed by atoms with Crippen molar-refractivity contribution in [2.45, 2.75) is 71.6 Å². The summed E-state index contributed by atoms with van der Waals surface area (Å²) in [6.07, 6.45) is 4.94. The predicted molar refractivity (Wildman–Crippen MR) is 139 cm³/mol. The lowest BCUT2D eigenvalue weighted by Crippen LogP contribution is -2.62. The highest BCUT2D eigenvalue weighted by atomic mass is 16.6. The van der Waals surface area contributed by atoms with Gasteiger partial charge in [-0.25, -0.2) is 0 Å². The Morgan fingerprint density at radius 3 is 2.46 bits per heavy atom. The van der Waals surface area contributed by atoms with E-state index in [1.807, 2.05) is 45.9 Å². The molecule has 0 radical (unpaired) electrons. The molecule has 2 heterocycles. The number of carbonyl (C=O) groups excluding carboxylic acids is 3. The second-order valence-corrected chi connectivity index (χ2v) is 11.0. The summed E-state index contributed by atoms with van der Waals surface area (Å²) in [5.74, 6) is -2.69. The molecule has 7 atom stereocenters. The molecule has 1 amide bonds. The SMILES string of the molecule is CC(C)=C1[C@@H](C)[C@H]2[C@H](Cc3ccc(O)cc3)NC(=O)[C@]23OC(=O)C/C=C(/C)C(=O)[C@@H](C)C/C=C\[C@H]3[C@@H]1O. The largest absolute Gasteiger partial charge is 0.508 e. The maximum atomic E-state index is 13.9. The van der Waals surface area contributed by atoms with Gasteiger partial charge in [0.2, 0.25) is 5.60 Å². The van der Waals surface area contributed by atoms with Gasteiger partial charge in [-0.05, 0) is 68.4 Å². The average Bonchev–Trinajstić information content (AvgIpc) is 3.11. The van der Waals surface area contributed by atoms with Crippen LogP contribution in [-0.2, 0) is 25.5 Å². The number of ether oxygens (including phenoxy) is 1. The molecule has 1 spiro atoms. The summed E-state index contributed by atoms with van der Waals surface area (Å²) < 4.78 is 6.14. The molecule has 7 heteroatoms. The minimum Gasteiger partial charge on any atom is -0.508 e. The molecular formula is C30H37NO6. The highest BCUT2D eigenvalue weighted by Crippen LogP contribution is 2.53. The van der Waals surface area contributed by atoms with Gasteiger partial charge in [0.05, 0.1) is 18.4 Å². The number of rotatable bonds is 2. The number of aromatic hydroxyl groups is 1. The third-order valence-corrected chi connectivity index (χ3v) is 8.28. The zero-order chi connectivity index (χ0) is 27.1. The fourth-order valence-electron chi connectivity index (χ4n) is 6.54.